The Hall–Kier alpha value is -1.56. The van der Waals surface area contributed by atoms with Gasteiger partial charge in [0.05, 0.1) is 0 Å². The van der Waals surface area contributed by atoms with E-state index in [1.807, 2.05) is 4.90 Å². The van der Waals surface area contributed by atoms with Crippen molar-refractivity contribution in [1.82, 2.24) is 10.2 Å². The minimum absolute atomic E-state index is 0.341. The van der Waals surface area contributed by atoms with E-state index in [0.717, 1.165) is 16.2 Å². The molecule has 0 bridgehead atoms. The smallest absolute Gasteiger partial charge is 0.208 e. The fourth-order valence-electron chi connectivity index (χ4n) is 2.36. The van der Waals surface area contributed by atoms with E-state index in [4.69, 9.17) is 0 Å². The molecule has 0 unspecified atom stereocenters. The monoisotopic (exact) mass is 295 g/mol. The van der Waals surface area contributed by atoms with Crippen molar-refractivity contribution in [2.45, 2.75) is 32.7 Å². The molecule has 0 N–H and O–H groups in total. The summed E-state index contributed by atoms with van der Waals surface area (Å²) in [6.07, 6.45) is 0.567. The van der Waals surface area contributed by atoms with E-state index in [2.05, 4.69) is 24.0 Å². The molecule has 1 aromatic heterocycles. The molecule has 0 spiro atoms. The van der Waals surface area contributed by atoms with E-state index in [9.17, 15) is 8.78 Å². The molecule has 0 atom stereocenters. The van der Waals surface area contributed by atoms with Crippen LogP contribution in [0.4, 0.5) is 13.9 Å². The van der Waals surface area contributed by atoms with Crippen LogP contribution in [0, 0.1) is 11.6 Å². The summed E-state index contributed by atoms with van der Waals surface area (Å²) in [7, 11) is 0. The topological polar surface area (TPSA) is 29.0 Å². The van der Waals surface area contributed by atoms with Gasteiger partial charge in [-0.15, -0.1) is 10.2 Å². The Balaban J connectivity index is 1.87. The van der Waals surface area contributed by atoms with E-state index < -0.39 is 11.6 Å². The molecule has 2 heterocycles. The summed E-state index contributed by atoms with van der Waals surface area (Å²) < 4.78 is 27.0. The van der Waals surface area contributed by atoms with Crippen LogP contribution in [0.5, 0.6) is 0 Å². The minimum atomic E-state index is -0.525. The Bertz CT molecular complexity index is 639. The van der Waals surface area contributed by atoms with Crippen LogP contribution >= 0.6 is 11.3 Å². The summed E-state index contributed by atoms with van der Waals surface area (Å²) >= 11 is 1.55. The number of benzene rings is 1. The second-order valence-corrected chi connectivity index (χ2v) is 6.26. The lowest BCUT2D eigenvalue weighted by atomic mass is 9.99. The first-order valence-corrected chi connectivity index (χ1v) is 7.41. The number of hydrogen-bond acceptors (Lipinski definition) is 4. The molecule has 1 aliphatic rings. The first-order valence-electron chi connectivity index (χ1n) is 6.59. The quantitative estimate of drug-likeness (QED) is 0.849. The molecule has 0 radical (unpaired) electrons. The lowest BCUT2D eigenvalue weighted by Crippen LogP contribution is -2.31. The molecule has 0 fully saturated rings. The van der Waals surface area contributed by atoms with E-state index >= 15 is 0 Å². The van der Waals surface area contributed by atoms with Crippen molar-refractivity contribution >= 4 is 16.5 Å². The summed E-state index contributed by atoms with van der Waals surface area (Å²) in [4.78, 5) is 2.03. The molecule has 0 aliphatic carbocycles. The molecule has 0 saturated heterocycles. The Kier molecular flexibility index (Phi) is 3.41. The number of fused-ring (bicyclic) bond motifs is 1. The van der Waals surface area contributed by atoms with Gasteiger partial charge in [0.2, 0.25) is 5.13 Å². The SMILES string of the molecule is CC(C)c1nnc(N2CCc3c(F)cc(F)cc3C2)s1. The normalized spacial score (nSPS) is 14.8. The average molecular weight is 295 g/mol. The van der Waals surface area contributed by atoms with Crippen molar-refractivity contribution in [1.29, 1.82) is 0 Å². The maximum atomic E-state index is 13.7. The molecule has 3 rings (SSSR count). The molecule has 0 amide bonds. The van der Waals surface area contributed by atoms with Crippen LogP contribution < -0.4 is 4.90 Å². The molecule has 1 aromatic carbocycles. The van der Waals surface area contributed by atoms with E-state index in [-0.39, 0.29) is 0 Å². The standard InChI is InChI=1S/C14H15F2N3S/c1-8(2)13-17-18-14(20-13)19-4-3-11-9(7-19)5-10(15)6-12(11)16/h5-6,8H,3-4,7H2,1-2H3. The van der Waals surface area contributed by atoms with E-state index in [1.54, 1.807) is 11.3 Å². The van der Waals surface area contributed by atoms with Gasteiger partial charge >= 0.3 is 0 Å². The van der Waals surface area contributed by atoms with Gasteiger partial charge in [-0.1, -0.05) is 25.2 Å². The Morgan fingerprint density at radius 3 is 2.75 bits per heavy atom. The first-order chi connectivity index (χ1) is 9.54. The fraction of sp³-hybridized carbons (Fsp3) is 0.429. The van der Waals surface area contributed by atoms with E-state index in [0.29, 0.717) is 36.6 Å². The fourth-order valence-corrected chi connectivity index (χ4v) is 3.23. The largest absolute Gasteiger partial charge is 0.342 e. The predicted octanol–water partition coefficient (Wildman–Crippen LogP) is 3.50. The zero-order valence-electron chi connectivity index (χ0n) is 11.4. The first kappa shape index (κ1) is 13.4. The highest BCUT2D eigenvalue weighted by atomic mass is 32.1. The third-order valence-corrected chi connectivity index (χ3v) is 4.72. The maximum Gasteiger partial charge on any atom is 0.208 e. The highest BCUT2D eigenvalue weighted by molar-refractivity contribution is 7.15. The zero-order valence-corrected chi connectivity index (χ0v) is 12.2. The summed E-state index contributed by atoms with van der Waals surface area (Å²) in [5, 5.41) is 10.2. The van der Waals surface area contributed by atoms with Crippen molar-refractivity contribution in [2.75, 3.05) is 11.4 Å². The molecule has 20 heavy (non-hydrogen) atoms. The van der Waals surface area contributed by atoms with Gasteiger partial charge in [0.15, 0.2) is 0 Å². The number of hydrogen-bond donors (Lipinski definition) is 0. The molecule has 106 valence electrons. The highest BCUT2D eigenvalue weighted by Gasteiger charge is 2.23. The third kappa shape index (κ3) is 2.40. The Morgan fingerprint density at radius 2 is 2.05 bits per heavy atom. The molecule has 3 nitrogen and oxygen atoms in total. The number of halogens is 2. The Morgan fingerprint density at radius 1 is 1.25 bits per heavy atom. The zero-order chi connectivity index (χ0) is 14.3. The van der Waals surface area contributed by atoms with Crippen LogP contribution in [0.15, 0.2) is 12.1 Å². The van der Waals surface area contributed by atoms with Crippen LogP contribution in [0.25, 0.3) is 0 Å². The van der Waals surface area contributed by atoms with Crippen LogP contribution in [-0.4, -0.2) is 16.7 Å². The number of rotatable bonds is 2. The van der Waals surface area contributed by atoms with Gasteiger partial charge < -0.3 is 4.90 Å². The molecule has 1 aliphatic heterocycles. The van der Waals surface area contributed by atoms with Crippen LogP contribution in [-0.2, 0) is 13.0 Å². The van der Waals surface area contributed by atoms with Crippen molar-refractivity contribution in [3.05, 3.63) is 39.9 Å². The summed E-state index contributed by atoms with van der Waals surface area (Å²) in [6.45, 7) is 5.31. The second-order valence-electron chi connectivity index (χ2n) is 5.27. The maximum absolute atomic E-state index is 13.7. The second kappa shape index (κ2) is 5.09. The number of aromatic nitrogens is 2. The molecule has 2 aromatic rings. The van der Waals surface area contributed by atoms with Crippen LogP contribution in [0.1, 0.15) is 35.9 Å². The van der Waals surface area contributed by atoms with Crippen molar-refractivity contribution in [2.24, 2.45) is 0 Å². The molecular weight excluding hydrogens is 280 g/mol. The van der Waals surface area contributed by atoms with Gasteiger partial charge in [-0.25, -0.2) is 8.78 Å². The summed E-state index contributed by atoms with van der Waals surface area (Å²) in [6, 6.07) is 2.37. The van der Waals surface area contributed by atoms with Crippen LogP contribution in [0.2, 0.25) is 0 Å². The van der Waals surface area contributed by atoms with Crippen molar-refractivity contribution in [3.8, 4) is 0 Å². The number of nitrogens with zero attached hydrogens (tertiary/aromatic N) is 3. The molecule has 0 saturated carbocycles. The van der Waals surface area contributed by atoms with Crippen molar-refractivity contribution in [3.63, 3.8) is 0 Å². The lowest BCUT2D eigenvalue weighted by molar-refractivity contribution is 0.555. The summed E-state index contributed by atoms with van der Waals surface area (Å²) in [5.74, 6) is -0.628. The van der Waals surface area contributed by atoms with Gasteiger partial charge in [0.1, 0.15) is 16.6 Å². The van der Waals surface area contributed by atoms with Gasteiger partial charge in [-0.05, 0) is 23.6 Å². The highest BCUT2D eigenvalue weighted by Crippen LogP contribution is 2.30. The van der Waals surface area contributed by atoms with Crippen LogP contribution in [0.3, 0.4) is 0 Å². The number of anilines is 1. The predicted molar refractivity (Wildman–Crippen MR) is 75.1 cm³/mol. The Labute approximate surface area is 120 Å². The third-order valence-electron chi connectivity index (χ3n) is 3.44. The van der Waals surface area contributed by atoms with Gasteiger partial charge in [0.25, 0.3) is 0 Å². The lowest BCUT2D eigenvalue weighted by Gasteiger charge is -2.28. The van der Waals surface area contributed by atoms with Gasteiger partial charge in [0, 0.05) is 25.1 Å². The average Bonchev–Trinajstić information content (AvgIpc) is 2.87. The van der Waals surface area contributed by atoms with Crippen molar-refractivity contribution < 1.29 is 8.78 Å². The van der Waals surface area contributed by atoms with Gasteiger partial charge in [-0.3, -0.25) is 0 Å². The van der Waals surface area contributed by atoms with Gasteiger partial charge in [-0.2, -0.15) is 0 Å². The summed E-state index contributed by atoms with van der Waals surface area (Å²) in [5.41, 5.74) is 1.33. The molecule has 6 heteroatoms. The minimum Gasteiger partial charge on any atom is -0.342 e. The molecular formula is C14H15F2N3S. The van der Waals surface area contributed by atoms with E-state index in [1.165, 1.54) is 6.07 Å².